The zero-order valence-electron chi connectivity index (χ0n) is 11.4. The second-order valence-electron chi connectivity index (χ2n) is 5.98. The summed E-state index contributed by atoms with van der Waals surface area (Å²) in [5.41, 5.74) is 0.404. The molecule has 106 valence electrons. The molecule has 0 aromatic heterocycles. The third-order valence-corrected chi connectivity index (χ3v) is 4.76. The molecule has 0 aliphatic heterocycles. The van der Waals surface area contributed by atoms with Crippen molar-refractivity contribution < 1.29 is 13.3 Å². The minimum absolute atomic E-state index is 0.284. The molecule has 2 atom stereocenters. The maximum atomic E-state index is 13.9. The van der Waals surface area contributed by atoms with Crippen LogP contribution in [0.2, 0.25) is 0 Å². The molecule has 1 aromatic carbocycles. The minimum Gasteiger partial charge on any atom is -0.598 e. The highest BCUT2D eigenvalue weighted by molar-refractivity contribution is 7.90. The molecule has 0 radical (unpaired) electrons. The maximum absolute atomic E-state index is 13.9. The van der Waals surface area contributed by atoms with Crippen LogP contribution in [0.15, 0.2) is 18.2 Å². The van der Waals surface area contributed by atoms with Crippen LogP contribution in [0.1, 0.15) is 45.2 Å². The van der Waals surface area contributed by atoms with Crippen LogP contribution >= 0.6 is 0 Å². The summed E-state index contributed by atoms with van der Waals surface area (Å²) in [7, 11) is 0. The SMILES string of the molecule is CC(C)(C)[S@@+]([O-])N[C@H](c1ccc(F)cc1F)C1CC1. The average molecular weight is 287 g/mol. The number of halogens is 2. The van der Waals surface area contributed by atoms with Crippen LogP contribution in [0.25, 0.3) is 0 Å². The molecule has 0 spiro atoms. The van der Waals surface area contributed by atoms with E-state index in [4.69, 9.17) is 0 Å². The first-order valence-corrected chi connectivity index (χ1v) is 7.57. The lowest BCUT2D eigenvalue weighted by molar-refractivity contribution is 0.483. The molecular formula is C14H19F2NOS. The van der Waals surface area contributed by atoms with Gasteiger partial charge in [-0.05, 0) is 45.6 Å². The Morgan fingerprint density at radius 3 is 2.42 bits per heavy atom. The molecule has 1 N–H and O–H groups in total. The fourth-order valence-electron chi connectivity index (χ4n) is 1.89. The number of nitrogens with one attached hydrogen (secondary N) is 1. The van der Waals surface area contributed by atoms with Gasteiger partial charge in [0.2, 0.25) is 0 Å². The normalized spacial score (nSPS) is 19.3. The highest BCUT2D eigenvalue weighted by Gasteiger charge is 2.39. The third-order valence-electron chi connectivity index (χ3n) is 3.18. The molecule has 0 amide bonds. The zero-order chi connectivity index (χ0) is 14.2. The molecule has 1 fully saturated rings. The Balaban J connectivity index is 2.21. The molecule has 2 nitrogen and oxygen atoms in total. The van der Waals surface area contributed by atoms with E-state index >= 15 is 0 Å². The predicted octanol–water partition coefficient (Wildman–Crippen LogP) is 3.47. The average Bonchev–Trinajstić information content (AvgIpc) is 3.08. The smallest absolute Gasteiger partial charge is 0.136 e. The van der Waals surface area contributed by atoms with Crippen molar-refractivity contribution in [2.75, 3.05) is 0 Å². The van der Waals surface area contributed by atoms with Crippen molar-refractivity contribution in [3.05, 3.63) is 35.4 Å². The first-order valence-electron chi connectivity index (χ1n) is 6.42. The summed E-state index contributed by atoms with van der Waals surface area (Å²) < 4.78 is 41.6. The zero-order valence-corrected chi connectivity index (χ0v) is 12.2. The van der Waals surface area contributed by atoms with Crippen molar-refractivity contribution in [1.29, 1.82) is 0 Å². The molecule has 1 aliphatic carbocycles. The first kappa shape index (κ1) is 14.8. The van der Waals surface area contributed by atoms with E-state index in [-0.39, 0.29) is 12.0 Å². The van der Waals surface area contributed by atoms with E-state index in [0.29, 0.717) is 5.56 Å². The van der Waals surface area contributed by atoms with Crippen molar-refractivity contribution >= 4 is 11.4 Å². The summed E-state index contributed by atoms with van der Waals surface area (Å²) in [6, 6.07) is 3.27. The van der Waals surface area contributed by atoms with Gasteiger partial charge in [-0.3, -0.25) is 0 Å². The van der Waals surface area contributed by atoms with Crippen LogP contribution in [-0.4, -0.2) is 9.30 Å². The topological polar surface area (TPSA) is 35.1 Å². The highest BCUT2D eigenvalue weighted by atomic mass is 32.2. The molecule has 0 unspecified atom stereocenters. The monoisotopic (exact) mass is 287 g/mol. The second kappa shape index (κ2) is 5.38. The first-order chi connectivity index (χ1) is 8.79. The number of benzene rings is 1. The fourth-order valence-corrected chi connectivity index (χ4v) is 2.79. The van der Waals surface area contributed by atoms with Gasteiger partial charge < -0.3 is 4.55 Å². The van der Waals surface area contributed by atoms with E-state index < -0.39 is 27.7 Å². The van der Waals surface area contributed by atoms with Crippen LogP contribution in [0, 0.1) is 17.6 Å². The largest absolute Gasteiger partial charge is 0.598 e. The summed E-state index contributed by atoms with van der Waals surface area (Å²) in [4.78, 5) is 0. The van der Waals surface area contributed by atoms with Gasteiger partial charge in [0.05, 0.1) is 6.04 Å². The molecular weight excluding hydrogens is 268 g/mol. The highest BCUT2D eigenvalue weighted by Crippen LogP contribution is 2.42. The van der Waals surface area contributed by atoms with Crippen LogP contribution in [0.4, 0.5) is 8.78 Å². The Kier molecular flexibility index (Phi) is 4.18. The summed E-state index contributed by atoms with van der Waals surface area (Å²) in [5, 5.41) is 0. The number of rotatable bonds is 4. The molecule has 1 aliphatic rings. The summed E-state index contributed by atoms with van der Waals surface area (Å²) in [5.74, 6) is -0.880. The molecule has 0 saturated heterocycles. The van der Waals surface area contributed by atoms with Crippen molar-refractivity contribution in [1.82, 2.24) is 4.72 Å². The van der Waals surface area contributed by atoms with E-state index in [1.54, 1.807) is 0 Å². The van der Waals surface area contributed by atoms with E-state index in [1.165, 1.54) is 12.1 Å². The van der Waals surface area contributed by atoms with Crippen molar-refractivity contribution in [2.45, 2.75) is 44.4 Å². The van der Waals surface area contributed by atoms with Gasteiger partial charge in [0.25, 0.3) is 0 Å². The Bertz CT molecular complexity index is 457. The molecule has 1 aromatic rings. The lowest BCUT2D eigenvalue weighted by Crippen LogP contribution is -2.42. The molecule has 19 heavy (non-hydrogen) atoms. The molecule has 2 rings (SSSR count). The quantitative estimate of drug-likeness (QED) is 0.861. The van der Waals surface area contributed by atoms with E-state index in [2.05, 4.69) is 4.72 Å². The van der Waals surface area contributed by atoms with Crippen LogP contribution < -0.4 is 4.72 Å². The second-order valence-corrected chi connectivity index (χ2v) is 7.98. The lowest BCUT2D eigenvalue weighted by atomic mass is 10.0. The van der Waals surface area contributed by atoms with Crippen molar-refractivity contribution in [3.8, 4) is 0 Å². The third kappa shape index (κ3) is 3.68. The molecule has 0 heterocycles. The van der Waals surface area contributed by atoms with Gasteiger partial charge in [0.15, 0.2) is 0 Å². The van der Waals surface area contributed by atoms with Crippen molar-refractivity contribution in [3.63, 3.8) is 0 Å². The number of hydrogen-bond donors (Lipinski definition) is 1. The molecule has 1 saturated carbocycles. The van der Waals surface area contributed by atoms with Gasteiger partial charge in [-0.2, -0.15) is 0 Å². The van der Waals surface area contributed by atoms with E-state index in [9.17, 15) is 13.3 Å². The summed E-state index contributed by atoms with van der Waals surface area (Å²) in [6.45, 7) is 5.59. The van der Waals surface area contributed by atoms with Gasteiger partial charge in [0.1, 0.15) is 16.4 Å². The van der Waals surface area contributed by atoms with E-state index in [1.807, 2.05) is 20.8 Å². The molecule has 0 bridgehead atoms. The Morgan fingerprint density at radius 1 is 1.32 bits per heavy atom. The number of hydrogen-bond acceptors (Lipinski definition) is 2. The summed E-state index contributed by atoms with van der Waals surface area (Å²) >= 11 is -1.27. The predicted molar refractivity (Wildman–Crippen MR) is 72.9 cm³/mol. The Hall–Kier alpha value is -0.650. The lowest BCUT2D eigenvalue weighted by Gasteiger charge is -2.28. The van der Waals surface area contributed by atoms with Gasteiger partial charge in [-0.15, -0.1) is 4.72 Å². The maximum Gasteiger partial charge on any atom is 0.136 e. The van der Waals surface area contributed by atoms with Gasteiger partial charge in [-0.1, -0.05) is 6.07 Å². The van der Waals surface area contributed by atoms with Gasteiger partial charge in [-0.25, -0.2) is 8.78 Å². The minimum atomic E-state index is -1.27. The standard InChI is InChI=1S/C14H19F2NOS/c1-14(2,3)19(18)17-13(9-4-5-9)11-7-6-10(15)8-12(11)16/h6-9,13,17H,4-5H2,1-3H3/t13-,19+/m0/s1. The summed E-state index contributed by atoms with van der Waals surface area (Å²) in [6.07, 6.45) is 1.96. The van der Waals surface area contributed by atoms with Crippen LogP contribution in [0.3, 0.4) is 0 Å². The fraction of sp³-hybridized carbons (Fsp3) is 0.571. The van der Waals surface area contributed by atoms with Gasteiger partial charge >= 0.3 is 0 Å². The Morgan fingerprint density at radius 2 is 1.95 bits per heavy atom. The van der Waals surface area contributed by atoms with Gasteiger partial charge in [0, 0.05) is 23.0 Å². The Labute approximate surface area is 115 Å². The molecule has 5 heteroatoms. The van der Waals surface area contributed by atoms with Crippen LogP contribution in [0.5, 0.6) is 0 Å². The van der Waals surface area contributed by atoms with Crippen LogP contribution in [-0.2, 0) is 11.4 Å². The van der Waals surface area contributed by atoms with E-state index in [0.717, 1.165) is 18.9 Å². The van der Waals surface area contributed by atoms with Crippen molar-refractivity contribution in [2.24, 2.45) is 5.92 Å².